The molecule has 156 valence electrons. The summed E-state index contributed by atoms with van der Waals surface area (Å²) in [5.74, 6) is 0.638. The number of nitrogens with zero attached hydrogens (tertiary/aromatic N) is 3. The molecule has 30 heavy (non-hydrogen) atoms. The van der Waals surface area contributed by atoms with E-state index >= 15 is 0 Å². The molecule has 0 atom stereocenters. The average molecular weight is 405 g/mol. The highest BCUT2D eigenvalue weighted by atomic mass is 16.4. The van der Waals surface area contributed by atoms with Gasteiger partial charge in [0.25, 0.3) is 0 Å². The summed E-state index contributed by atoms with van der Waals surface area (Å²) in [4.78, 5) is 28.0. The number of rotatable bonds is 9. The Kier molecular flexibility index (Phi) is 6.77. The lowest BCUT2D eigenvalue weighted by atomic mass is 9.99. The van der Waals surface area contributed by atoms with Gasteiger partial charge in [0.2, 0.25) is 11.6 Å². The second kappa shape index (κ2) is 9.48. The van der Waals surface area contributed by atoms with Crippen molar-refractivity contribution in [3.8, 4) is 11.1 Å². The Hall–Kier alpha value is -3.28. The first-order valence-electron chi connectivity index (χ1n) is 10.3. The molecule has 0 saturated heterocycles. The van der Waals surface area contributed by atoms with Crippen LogP contribution in [0.2, 0.25) is 0 Å². The first kappa shape index (κ1) is 21.4. The highest BCUT2D eigenvalue weighted by molar-refractivity contribution is 5.96. The summed E-state index contributed by atoms with van der Waals surface area (Å²) in [6.07, 6.45) is 2.13. The van der Waals surface area contributed by atoms with Gasteiger partial charge >= 0.3 is 5.97 Å². The number of ketones is 1. The van der Waals surface area contributed by atoms with Crippen LogP contribution in [0.15, 0.2) is 48.5 Å². The van der Waals surface area contributed by atoms with Crippen LogP contribution in [0.3, 0.4) is 0 Å². The number of benzene rings is 2. The Labute approximate surface area is 176 Å². The quantitative estimate of drug-likeness (QED) is 0.513. The number of carboxylic acids is 1. The lowest BCUT2D eigenvalue weighted by Crippen LogP contribution is -2.08. The highest BCUT2D eigenvalue weighted by Gasteiger charge is 2.16. The predicted molar refractivity (Wildman–Crippen MR) is 116 cm³/mol. The van der Waals surface area contributed by atoms with Crippen molar-refractivity contribution in [1.29, 1.82) is 0 Å². The van der Waals surface area contributed by atoms with Gasteiger partial charge in [0, 0.05) is 12.8 Å². The van der Waals surface area contributed by atoms with Crippen molar-refractivity contribution in [2.45, 2.75) is 46.6 Å². The van der Waals surface area contributed by atoms with E-state index in [-0.39, 0.29) is 17.2 Å². The molecule has 0 saturated carbocycles. The molecule has 0 amide bonds. The lowest BCUT2D eigenvalue weighted by Gasteiger charge is -2.09. The van der Waals surface area contributed by atoms with E-state index in [9.17, 15) is 14.7 Å². The zero-order chi connectivity index (χ0) is 21.7. The van der Waals surface area contributed by atoms with Crippen molar-refractivity contribution in [2.75, 3.05) is 0 Å². The maximum atomic E-state index is 12.1. The van der Waals surface area contributed by atoms with Crippen molar-refractivity contribution in [3.63, 3.8) is 0 Å². The molecule has 6 heteroatoms. The molecular formula is C24H27N3O3. The van der Waals surface area contributed by atoms with Gasteiger partial charge in [-0.15, -0.1) is 5.10 Å². The third-order valence-electron chi connectivity index (χ3n) is 5.02. The van der Waals surface area contributed by atoms with E-state index in [0.717, 1.165) is 29.8 Å². The number of carboxylic acid groups (broad SMARTS) is 1. The number of Topliss-reactive ketones (excluding diaryl/α,β-unsaturated/α-hetero) is 1. The van der Waals surface area contributed by atoms with E-state index in [1.54, 1.807) is 12.1 Å². The molecule has 3 rings (SSSR count). The van der Waals surface area contributed by atoms with Gasteiger partial charge in [-0.25, -0.2) is 14.5 Å². The van der Waals surface area contributed by atoms with Crippen LogP contribution in [0, 0.1) is 5.92 Å². The Morgan fingerprint density at radius 3 is 2.40 bits per heavy atom. The molecule has 0 spiro atoms. The van der Waals surface area contributed by atoms with Crippen molar-refractivity contribution < 1.29 is 14.7 Å². The van der Waals surface area contributed by atoms with Gasteiger partial charge in [-0.1, -0.05) is 63.2 Å². The van der Waals surface area contributed by atoms with Crippen molar-refractivity contribution >= 4 is 11.8 Å². The fraction of sp³-hybridized carbons (Fsp3) is 0.333. The summed E-state index contributed by atoms with van der Waals surface area (Å²) < 4.78 is 1.81. The summed E-state index contributed by atoms with van der Waals surface area (Å²) in [6, 6.07) is 14.7. The van der Waals surface area contributed by atoms with Gasteiger partial charge < -0.3 is 5.11 Å². The van der Waals surface area contributed by atoms with E-state index in [1.165, 1.54) is 0 Å². The first-order valence-corrected chi connectivity index (χ1v) is 10.3. The number of hydrogen-bond donors (Lipinski definition) is 1. The van der Waals surface area contributed by atoms with Gasteiger partial charge in [0.05, 0.1) is 12.1 Å². The molecule has 1 aromatic heterocycles. The second-order valence-electron chi connectivity index (χ2n) is 7.77. The fourth-order valence-electron chi connectivity index (χ4n) is 3.26. The number of carbonyl (C=O) groups is 2. The van der Waals surface area contributed by atoms with Crippen LogP contribution in [-0.4, -0.2) is 31.6 Å². The van der Waals surface area contributed by atoms with E-state index in [0.29, 0.717) is 24.4 Å². The van der Waals surface area contributed by atoms with Gasteiger partial charge in [-0.3, -0.25) is 4.79 Å². The molecule has 0 unspecified atom stereocenters. The topological polar surface area (TPSA) is 85.1 Å². The number of carbonyl (C=O) groups excluding carboxylic acids is 1. The molecule has 0 aliphatic carbocycles. The Morgan fingerprint density at radius 2 is 1.77 bits per heavy atom. The Morgan fingerprint density at radius 1 is 1.07 bits per heavy atom. The van der Waals surface area contributed by atoms with Crippen molar-refractivity contribution in [2.24, 2.45) is 5.92 Å². The Balaban J connectivity index is 1.85. The molecular weight excluding hydrogens is 378 g/mol. The molecule has 0 aliphatic heterocycles. The van der Waals surface area contributed by atoms with Crippen LogP contribution in [0.25, 0.3) is 11.1 Å². The van der Waals surface area contributed by atoms with Crippen LogP contribution in [0.1, 0.15) is 66.0 Å². The molecule has 0 bridgehead atoms. The molecule has 2 aromatic carbocycles. The molecule has 1 N–H and O–H groups in total. The number of aryl methyl sites for hydroxylation is 1. The normalized spacial score (nSPS) is 11.1. The Bertz CT molecular complexity index is 1040. The van der Waals surface area contributed by atoms with Crippen LogP contribution in [-0.2, 0) is 13.0 Å². The minimum Gasteiger partial charge on any atom is -0.478 e. The largest absolute Gasteiger partial charge is 0.478 e. The zero-order valence-corrected chi connectivity index (χ0v) is 17.6. The third kappa shape index (κ3) is 5.00. The van der Waals surface area contributed by atoms with Crippen molar-refractivity contribution in [1.82, 2.24) is 14.8 Å². The first-order chi connectivity index (χ1) is 14.4. The monoisotopic (exact) mass is 405 g/mol. The van der Waals surface area contributed by atoms with Crippen LogP contribution in [0.5, 0.6) is 0 Å². The summed E-state index contributed by atoms with van der Waals surface area (Å²) in [6.45, 7) is 6.64. The van der Waals surface area contributed by atoms with Crippen LogP contribution < -0.4 is 0 Å². The van der Waals surface area contributed by atoms with E-state index in [2.05, 4.69) is 23.9 Å². The van der Waals surface area contributed by atoms with Crippen molar-refractivity contribution in [3.05, 3.63) is 71.3 Å². The molecule has 6 nitrogen and oxygen atoms in total. The maximum Gasteiger partial charge on any atom is 0.336 e. The third-order valence-corrected chi connectivity index (χ3v) is 5.02. The molecule has 0 radical (unpaired) electrons. The van der Waals surface area contributed by atoms with Gasteiger partial charge in [0.15, 0.2) is 0 Å². The van der Waals surface area contributed by atoms with Gasteiger partial charge in [-0.2, -0.15) is 0 Å². The standard InChI is InChI=1S/C24H27N3O3/c1-4-21(28)23-25-22(14-9-16(2)3)27(26-23)15-17-10-12-18(13-11-17)19-7-5-6-8-20(19)24(29)30/h5-8,10-13,16H,4,9,14-15H2,1-3H3,(H,29,30). The number of aromatic nitrogens is 3. The van der Waals surface area contributed by atoms with Gasteiger partial charge in [-0.05, 0) is 35.1 Å². The zero-order valence-electron chi connectivity index (χ0n) is 17.6. The molecule has 1 heterocycles. The summed E-state index contributed by atoms with van der Waals surface area (Å²) >= 11 is 0. The van der Waals surface area contributed by atoms with Gasteiger partial charge in [0.1, 0.15) is 5.82 Å². The van der Waals surface area contributed by atoms with E-state index < -0.39 is 5.97 Å². The summed E-state index contributed by atoms with van der Waals surface area (Å²) in [5.41, 5.74) is 2.82. The lowest BCUT2D eigenvalue weighted by molar-refractivity contribution is 0.0697. The summed E-state index contributed by atoms with van der Waals surface area (Å²) in [5, 5.41) is 13.9. The molecule has 0 aliphatic rings. The minimum atomic E-state index is -0.944. The summed E-state index contributed by atoms with van der Waals surface area (Å²) in [7, 11) is 0. The number of hydrogen-bond acceptors (Lipinski definition) is 4. The van der Waals surface area contributed by atoms with Crippen LogP contribution >= 0.6 is 0 Å². The van der Waals surface area contributed by atoms with E-state index in [1.807, 2.05) is 48.0 Å². The minimum absolute atomic E-state index is 0.0554. The SMILES string of the molecule is CCC(=O)c1nc(CCC(C)C)n(Cc2ccc(-c3ccccc3C(=O)O)cc2)n1. The predicted octanol–water partition coefficient (Wildman–Crippen LogP) is 4.87. The smallest absolute Gasteiger partial charge is 0.336 e. The average Bonchev–Trinajstić information content (AvgIpc) is 3.14. The number of aromatic carboxylic acids is 1. The van der Waals surface area contributed by atoms with Crippen LogP contribution in [0.4, 0.5) is 0 Å². The highest BCUT2D eigenvalue weighted by Crippen LogP contribution is 2.24. The molecule has 0 fully saturated rings. The maximum absolute atomic E-state index is 12.1. The molecule has 3 aromatic rings. The fourth-order valence-corrected chi connectivity index (χ4v) is 3.26. The second-order valence-corrected chi connectivity index (χ2v) is 7.77. The van der Waals surface area contributed by atoms with E-state index in [4.69, 9.17) is 0 Å².